The number of halogens is 6. The molecule has 3 rings (SSSR count). The Morgan fingerprint density at radius 1 is 0.969 bits per heavy atom. The normalized spacial score (nSPS) is 12.2. The van der Waals surface area contributed by atoms with Gasteiger partial charge in [-0.2, -0.15) is 31.4 Å². The van der Waals surface area contributed by atoms with E-state index in [0.717, 1.165) is 4.57 Å². The van der Waals surface area contributed by atoms with E-state index in [2.05, 4.69) is 19.6 Å². The van der Waals surface area contributed by atoms with Crippen molar-refractivity contribution in [3.05, 3.63) is 58.8 Å². The number of benzene rings is 1. The number of nitrogens with zero attached hydrogens (tertiary/aromatic N) is 4. The van der Waals surface area contributed by atoms with Gasteiger partial charge < -0.3 is 9.47 Å². The van der Waals surface area contributed by atoms with Crippen LogP contribution in [0.3, 0.4) is 0 Å². The van der Waals surface area contributed by atoms with Crippen LogP contribution in [0.2, 0.25) is 0 Å². The van der Waals surface area contributed by atoms with Gasteiger partial charge in [0.05, 0.1) is 17.1 Å². The average molecular weight is 462 g/mol. The highest BCUT2D eigenvalue weighted by Crippen LogP contribution is 2.22. The first-order valence-corrected chi connectivity index (χ1v) is 8.99. The number of aryl methyl sites for hydroxylation is 1. The first-order valence-electron chi connectivity index (χ1n) is 8.99. The zero-order valence-corrected chi connectivity index (χ0v) is 16.4. The Morgan fingerprint density at radius 3 is 2.19 bits per heavy atom. The molecule has 0 bridgehead atoms. The van der Waals surface area contributed by atoms with E-state index in [4.69, 9.17) is 0 Å². The smallest absolute Gasteiger partial charge is 0.422 e. The summed E-state index contributed by atoms with van der Waals surface area (Å²) in [5.74, 6) is -0.240. The second-order valence-electron chi connectivity index (χ2n) is 6.58. The predicted octanol–water partition coefficient (Wildman–Crippen LogP) is 3.65. The fraction of sp³-hybridized carbons (Fsp3) is 0.316. The third kappa shape index (κ3) is 6.09. The number of rotatable bonds is 7. The van der Waals surface area contributed by atoms with E-state index in [0.29, 0.717) is 5.69 Å². The highest BCUT2D eigenvalue weighted by Gasteiger charge is 2.29. The Labute approximate surface area is 176 Å². The fourth-order valence-corrected chi connectivity index (χ4v) is 2.77. The highest BCUT2D eigenvalue weighted by molar-refractivity contribution is 5.54. The summed E-state index contributed by atoms with van der Waals surface area (Å²) >= 11 is 0. The van der Waals surface area contributed by atoms with Crippen molar-refractivity contribution in [2.75, 3.05) is 13.2 Å². The van der Waals surface area contributed by atoms with Crippen molar-refractivity contribution < 1.29 is 35.8 Å². The van der Waals surface area contributed by atoms with Crippen molar-refractivity contribution >= 4 is 0 Å². The molecule has 0 saturated carbocycles. The van der Waals surface area contributed by atoms with Crippen molar-refractivity contribution in [1.82, 2.24) is 19.3 Å². The molecule has 0 unspecified atom stereocenters. The van der Waals surface area contributed by atoms with Crippen molar-refractivity contribution in [2.45, 2.75) is 19.0 Å². The minimum atomic E-state index is -4.58. The third-order valence-corrected chi connectivity index (χ3v) is 4.07. The Hall–Kier alpha value is -3.35. The second-order valence-corrected chi connectivity index (χ2v) is 6.58. The molecule has 0 atom stereocenters. The Balaban J connectivity index is 1.96. The van der Waals surface area contributed by atoms with Gasteiger partial charge in [0.2, 0.25) is 0 Å². The van der Waals surface area contributed by atoms with Gasteiger partial charge in [0.15, 0.2) is 6.61 Å². The van der Waals surface area contributed by atoms with Crippen LogP contribution in [0.15, 0.2) is 47.4 Å². The van der Waals surface area contributed by atoms with Crippen molar-refractivity contribution in [3.8, 4) is 22.8 Å². The van der Waals surface area contributed by atoms with Crippen LogP contribution < -0.4 is 10.3 Å². The third-order valence-electron chi connectivity index (χ3n) is 4.07. The molecule has 0 aliphatic carbocycles. The van der Waals surface area contributed by atoms with Crippen LogP contribution >= 0.6 is 0 Å². The molecule has 0 aliphatic heterocycles. The van der Waals surface area contributed by atoms with E-state index in [1.54, 1.807) is 13.1 Å². The quantitative estimate of drug-likeness (QED) is 0.502. The van der Waals surface area contributed by atoms with Gasteiger partial charge in [-0.15, -0.1) is 0 Å². The second kappa shape index (κ2) is 9.02. The summed E-state index contributed by atoms with van der Waals surface area (Å²) in [6, 6.07) is 7.70. The fourth-order valence-electron chi connectivity index (χ4n) is 2.77. The van der Waals surface area contributed by atoms with Gasteiger partial charge in [0.25, 0.3) is 5.56 Å². The van der Waals surface area contributed by atoms with Crippen LogP contribution in [0.4, 0.5) is 26.3 Å². The van der Waals surface area contributed by atoms with Crippen LogP contribution in [0, 0.1) is 0 Å². The maximum absolute atomic E-state index is 12.8. The maximum atomic E-state index is 12.8. The molecule has 7 nitrogen and oxygen atoms in total. The molecule has 0 N–H and O–H groups in total. The molecule has 0 amide bonds. The maximum Gasteiger partial charge on any atom is 0.422 e. The van der Waals surface area contributed by atoms with Crippen molar-refractivity contribution in [3.63, 3.8) is 0 Å². The first-order chi connectivity index (χ1) is 14.9. The Bertz CT molecular complexity index is 1120. The lowest BCUT2D eigenvalue weighted by Gasteiger charge is -2.15. The molecule has 1 aromatic carbocycles. The lowest BCUT2D eigenvalue weighted by molar-refractivity contribution is -0.177. The van der Waals surface area contributed by atoms with Gasteiger partial charge in [-0.25, -0.2) is 4.98 Å². The molecular formula is C19H16F6N4O3. The van der Waals surface area contributed by atoms with Crippen LogP contribution in [-0.4, -0.2) is 44.9 Å². The van der Waals surface area contributed by atoms with Gasteiger partial charge >= 0.3 is 12.4 Å². The topological polar surface area (TPSA) is 71.2 Å². The summed E-state index contributed by atoms with van der Waals surface area (Å²) in [7, 11) is 1.60. The van der Waals surface area contributed by atoms with E-state index >= 15 is 0 Å². The van der Waals surface area contributed by atoms with E-state index in [1.165, 1.54) is 41.2 Å². The molecule has 0 fully saturated rings. The zero-order chi connectivity index (χ0) is 23.5. The molecule has 2 aromatic heterocycles. The molecule has 0 aliphatic rings. The zero-order valence-electron chi connectivity index (χ0n) is 16.4. The summed E-state index contributed by atoms with van der Waals surface area (Å²) in [5, 5.41) is 3.97. The van der Waals surface area contributed by atoms with Gasteiger partial charge in [-0.1, -0.05) is 0 Å². The lowest BCUT2D eigenvalue weighted by Crippen LogP contribution is -2.25. The summed E-state index contributed by atoms with van der Waals surface area (Å²) in [6.45, 7) is -3.69. The number of hydrogen-bond acceptors (Lipinski definition) is 5. The number of alkyl halides is 6. The van der Waals surface area contributed by atoms with Gasteiger partial charge in [-0.05, 0) is 30.3 Å². The van der Waals surface area contributed by atoms with Gasteiger partial charge in [0, 0.05) is 19.3 Å². The minimum absolute atomic E-state index is 0.103. The number of hydrogen-bond donors (Lipinski definition) is 0. The lowest BCUT2D eigenvalue weighted by atomic mass is 10.2. The predicted molar refractivity (Wildman–Crippen MR) is 99.3 cm³/mol. The van der Waals surface area contributed by atoms with E-state index in [9.17, 15) is 31.1 Å². The first kappa shape index (κ1) is 23.3. The SMILES string of the molecule is Cn1nccc1-c1cc(=O)n(-c2ccc(OCC(F)(F)F)cc2)c(COCC(F)(F)F)n1. The van der Waals surface area contributed by atoms with Crippen LogP contribution in [-0.2, 0) is 18.4 Å². The van der Waals surface area contributed by atoms with Crippen molar-refractivity contribution in [2.24, 2.45) is 7.05 Å². The largest absolute Gasteiger partial charge is 0.484 e. The molecule has 2 heterocycles. The molecule has 0 radical (unpaired) electrons. The standard InChI is InChI=1S/C19H16F6N4O3/c1-28-15(6-7-26-28)14-8-17(30)29(16(27-14)9-31-10-18(20,21)22)12-2-4-13(5-3-12)32-11-19(23,24)25/h2-8H,9-11H2,1H3. The molecule has 32 heavy (non-hydrogen) atoms. The van der Waals surface area contributed by atoms with Gasteiger partial charge in [0.1, 0.15) is 24.8 Å². The minimum Gasteiger partial charge on any atom is -0.484 e. The number of ether oxygens (including phenoxy) is 2. The van der Waals surface area contributed by atoms with E-state index in [-0.39, 0.29) is 23.0 Å². The molecule has 0 spiro atoms. The van der Waals surface area contributed by atoms with E-state index in [1.807, 2.05) is 0 Å². The Kier molecular flexibility index (Phi) is 6.57. The summed E-state index contributed by atoms with van der Waals surface area (Å²) < 4.78 is 86.1. The molecule has 172 valence electrons. The van der Waals surface area contributed by atoms with Crippen molar-refractivity contribution in [1.29, 1.82) is 0 Å². The number of aromatic nitrogens is 4. The molecule has 3 aromatic rings. The highest BCUT2D eigenvalue weighted by atomic mass is 19.4. The van der Waals surface area contributed by atoms with Crippen LogP contribution in [0.1, 0.15) is 5.82 Å². The summed E-state index contributed by atoms with van der Waals surface area (Å²) in [4.78, 5) is 17.1. The monoisotopic (exact) mass is 462 g/mol. The molecule has 0 saturated heterocycles. The van der Waals surface area contributed by atoms with E-state index < -0.39 is 37.7 Å². The van der Waals surface area contributed by atoms with Crippen LogP contribution in [0.25, 0.3) is 17.1 Å². The Morgan fingerprint density at radius 2 is 1.62 bits per heavy atom. The van der Waals surface area contributed by atoms with Gasteiger partial charge in [-0.3, -0.25) is 14.0 Å². The van der Waals surface area contributed by atoms with Crippen LogP contribution in [0.5, 0.6) is 5.75 Å². The average Bonchev–Trinajstić information content (AvgIpc) is 3.11. The summed E-state index contributed by atoms with van der Waals surface area (Å²) in [6.07, 6.45) is -7.64. The molecular weight excluding hydrogens is 446 g/mol. The molecule has 13 heteroatoms. The summed E-state index contributed by atoms with van der Waals surface area (Å²) in [5.41, 5.74) is 0.138.